The maximum Gasteiger partial charge on any atom is 0.416 e. The molecule has 2 rings (SSSR count). The van der Waals surface area contributed by atoms with Gasteiger partial charge in [-0.2, -0.15) is 13.2 Å². The number of halogens is 3. The summed E-state index contributed by atoms with van der Waals surface area (Å²) in [6, 6.07) is 8.97. The lowest BCUT2D eigenvalue weighted by molar-refractivity contribution is -0.137. The second-order valence-electron chi connectivity index (χ2n) is 4.45. The van der Waals surface area contributed by atoms with Gasteiger partial charge in [-0.05, 0) is 43.2 Å². The van der Waals surface area contributed by atoms with Crippen LogP contribution in [-0.2, 0) is 12.6 Å². The highest BCUT2D eigenvalue weighted by molar-refractivity contribution is 7.12. The van der Waals surface area contributed by atoms with Gasteiger partial charge in [0, 0.05) is 15.8 Å². The zero-order valence-corrected chi connectivity index (χ0v) is 11.2. The first kappa shape index (κ1) is 14.1. The smallest absolute Gasteiger partial charge is 0.323 e. The predicted octanol–water partition coefficient (Wildman–Crippen LogP) is 4.32. The molecule has 1 aromatic carbocycles. The number of nitrogens with two attached hydrogens (primary N) is 1. The molecule has 5 heteroatoms. The largest absolute Gasteiger partial charge is 0.416 e. The van der Waals surface area contributed by atoms with Crippen molar-refractivity contribution in [3.8, 4) is 0 Å². The summed E-state index contributed by atoms with van der Waals surface area (Å²) in [5, 5.41) is 0. The van der Waals surface area contributed by atoms with Gasteiger partial charge in [0.05, 0.1) is 5.56 Å². The Balaban J connectivity index is 2.07. The van der Waals surface area contributed by atoms with Crippen LogP contribution in [0.4, 0.5) is 13.2 Å². The predicted molar refractivity (Wildman–Crippen MR) is 71.1 cm³/mol. The van der Waals surface area contributed by atoms with Crippen LogP contribution < -0.4 is 5.73 Å². The lowest BCUT2D eigenvalue weighted by Crippen LogP contribution is -2.12. The van der Waals surface area contributed by atoms with Gasteiger partial charge < -0.3 is 5.73 Å². The molecule has 0 aliphatic carbocycles. The minimum absolute atomic E-state index is 0.171. The number of aryl methyl sites for hydroxylation is 1. The first-order valence-corrected chi connectivity index (χ1v) is 6.66. The molecule has 0 bridgehead atoms. The summed E-state index contributed by atoms with van der Waals surface area (Å²) >= 11 is 1.62. The Hall–Kier alpha value is -1.33. The Morgan fingerprint density at radius 3 is 2.21 bits per heavy atom. The fourth-order valence-corrected chi connectivity index (χ4v) is 2.72. The summed E-state index contributed by atoms with van der Waals surface area (Å²) in [5.41, 5.74) is 6.24. The second-order valence-corrected chi connectivity index (χ2v) is 5.77. The third-order valence-electron chi connectivity index (χ3n) is 2.86. The molecule has 2 N–H and O–H groups in total. The molecule has 0 spiro atoms. The molecule has 0 amide bonds. The minimum Gasteiger partial charge on any atom is -0.323 e. The first-order chi connectivity index (χ1) is 8.86. The van der Waals surface area contributed by atoms with Crippen LogP contribution in [0.5, 0.6) is 0 Å². The number of benzene rings is 1. The minimum atomic E-state index is -4.29. The van der Waals surface area contributed by atoms with E-state index in [1.54, 1.807) is 11.3 Å². The Bertz CT molecular complexity index is 543. The van der Waals surface area contributed by atoms with Crippen LogP contribution in [0.15, 0.2) is 36.4 Å². The molecule has 102 valence electrons. The summed E-state index contributed by atoms with van der Waals surface area (Å²) in [5.74, 6) is 0. The van der Waals surface area contributed by atoms with E-state index in [2.05, 4.69) is 0 Å². The van der Waals surface area contributed by atoms with Crippen molar-refractivity contribution >= 4 is 11.3 Å². The normalized spacial score (nSPS) is 13.5. The van der Waals surface area contributed by atoms with Crippen molar-refractivity contribution in [2.24, 2.45) is 5.73 Å². The Morgan fingerprint density at radius 2 is 1.74 bits per heavy atom. The fourth-order valence-electron chi connectivity index (χ4n) is 1.84. The SMILES string of the molecule is Cc1ccc(C(N)Cc2ccc(C(F)(F)F)cc2)s1. The van der Waals surface area contributed by atoms with Crippen LogP contribution in [-0.4, -0.2) is 0 Å². The summed E-state index contributed by atoms with van der Waals surface area (Å²) in [6.07, 6.45) is -3.75. The Kier molecular flexibility index (Phi) is 3.96. The lowest BCUT2D eigenvalue weighted by atomic mass is 10.0. The van der Waals surface area contributed by atoms with Crippen LogP contribution in [0.1, 0.15) is 26.9 Å². The van der Waals surface area contributed by atoms with Gasteiger partial charge in [-0.15, -0.1) is 11.3 Å². The summed E-state index contributed by atoms with van der Waals surface area (Å²) < 4.78 is 37.3. The molecular formula is C14H14F3NS. The van der Waals surface area contributed by atoms with Crippen molar-refractivity contribution in [3.05, 3.63) is 57.3 Å². The van der Waals surface area contributed by atoms with Gasteiger partial charge >= 0.3 is 6.18 Å². The van der Waals surface area contributed by atoms with Crippen LogP contribution >= 0.6 is 11.3 Å². The topological polar surface area (TPSA) is 26.0 Å². The van der Waals surface area contributed by atoms with Crippen LogP contribution in [0.25, 0.3) is 0 Å². The highest BCUT2D eigenvalue weighted by atomic mass is 32.1. The number of thiophene rings is 1. The summed E-state index contributed by atoms with van der Waals surface area (Å²) in [7, 11) is 0. The van der Waals surface area contributed by atoms with Gasteiger partial charge in [-0.1, -0.05) is 12.1 Å². The summed E-state index contributed by atoms with van der Waals surface area (Å²) in [6.45, 7) is 2.00. The van der Waals surface area contributed by atoms with E-state index in [9.17, 15) is 13.2 Å². The third kappa shape index (κ3) is 3.58. The zero-order valence-electron chi connectivity index (χ0n) is 10.4. The van der Waals surface area contributed by atoms with E-state index in [1.807, 2.05) is 19.1 Å². The third-order valence-corrected chi connectivity index (χ3v) is 4.00. The van der Waals surface area contributed by atoms with Crippen molar-refractivity contribution < 1.29 is 13.2 Å². The van der Waals surface area contributed by atoms with E-state index in [-0.39, 0.29) is 6.04 Å². The molecule has 0 aliphatic heterocycles. The van der Waals surface area contributed by atoms with Crippen LogP contribution in [0.2, 0.25) is 0 Å². The van der Waals surface area contributed by atoms with Crippen molar-refractivity contribution in [1.29, 1.82) is 0 Å². The molecular weight excluding hydrogens is 271 g/mol. The molecule has 0 saturated carbocycles. The van der Waals surface area contributed by atoms with Gasteiger partial charge in [0.15, 0.2) is 0 Å². The average Bonchev–Trinajstić information content (AvgIpc) is 2.75. The van der Waals surface area contributed by atoms with E-state index in [1.165, 1.54) is 17.0 Å². The maximum absolute atomic E-state index is 12.4. The van der Waals surface area contributed by atoms with E-state index in [4.69, 9.17) is 5.73 Å². The molecule has 19 heavy (non-hydrogen) atoms. The molecule has 2 aromatic rings. The van der Waals surface area contributed by atoms with Crippen LogP contribution in [0.3, 0.4) is 0 Å². The molecule has 1 aromatic heterocycles. The number of rotatable bonds is 3. The highest BCUT2D eigenvalue weighted by Gasteiger charge is 2.29. The summed E-state index contributed by atoms with van der Waals surface area (Å²) in [4.78, 5) is 2.23. The second kappa shape index (κ2) is 5.35. The first-order valence-electron chi connectivity index (χ1n) is 5.84. The Labute approximate surface area is 113 Å². The highest BCUT2D eigenvalue weighted by Crippen LogP contribution is 2.30. The molecule has 0 radical (unpaired) electrons. The molecule has 1 nitrogen and oxygen atoms in total. The van der Waals surface area contributed by atoms with E-state index < -0.39 is 11.7 Å². The van der Waals surface area contributed by atoms with E-state index >= 15 is 0 Å². The quantitative estimate of drug-likeness (QED) is 0.893. The van der Waals surface area contributed by atoms with Crippen LogP contribution in [0, 0.1) is 6.92 Å². The standard InChI is InChI=1S/C14H14F3NS/c1-9-2-7-13(19-9)12(18)8-10-3-5-11(6-4-10)14(15,16)17/h2-7,12H,8,18H2,1H3. The molecule has 0 aliphatic rings. The maximum atomic E-state index is 12.4. The van der Waals surface area contributed by atoms with Crippen molar-refractivity contribution in [2.75, 3.05) is 0 Å². The van der Waals surface area contributed by atoms with Gasteiger partial charge in [0.2, 0.25) is 0 Å². The van der Waals surface area contributed by atoms with E-state index in [0.29, 0.717) is 6.42 Å². The van der Waals surface area contributed by atoms with Crippen molar-refractivity contribution in [2.45, 2.75) is 25.6 Å². The monoisotopic (exact) mass is 285 g/mol. The van der Waals surface area contributed by atoms with Crippen molar-refractivity contribution in [1.82, 2.24) is 0 Å². The number of hydrogen-bond donors (Lipinski definition) is 1. The van der Waals surface area contributed by atoms with E-state index in [0.717, 1.165) is 22.6 Å². The lowest BCUT2D eigenvalue weighted by Gasteiger charge is -2.11. The van der Waals surface area contributed by atoms with Gasteiger partial charge in [-0.3, -0.25) is 0 Å². The molecule has 1 atom stereocenters. The van der Waals surface area contributed by atoms with Gasteiger partial charge in [0.25, 0.3) is 0 Å². The average molecular weight is 285 g/mol. The van der Waals surface area contributed by atoms with Crippen molar-refractivity contribution in [3.63, 3.8) is 0 Å². The van der Waals surface area contributed by atoms with Gasteiger partial charge in [-0.25, -0.2) is 0 Å². The molecule has 0 fully saturated rings. The zero-order chi connectivity index (χ0) is 14.0. The molecule has 1 unspecified atom stereocenters. The van der Waals surface area contributed by atoms with Gasteiger partial charge in [0.1, 0.15) is 0 Å². The molecule has 0 saturated heterocycles. The Morgan fingerprint density at radius 1 is 1.11 bits per heavy atom. The molecule has 1 heterocycles. The number of alkyl halides is 3. The fraction of sp³-hybridized carbons (Fsp3) is 0.286. The number of hydrogen-bond acceptors (Lipinski definition) is 2.